The van der Waals surface area contributed by atoms with Crippen LogP contribution in [0.25, 0.3) is 0 Å². The highest BCUT2D eigenvalue weighted by Gasteiger charge is 2.38. The molecule has 1 aromatic carbocycles. The molecule has 0 N–H and O–H groups in total. The summed E-state index contributed by atoms with van der Waals surface area (Å²) in [6.07, 6.45) is 6.29. The molecule has 1 heteroatoms. The average Bonchev–Trinajstić information content (AvgIpc) is 2.89. The molecule has 0 spiro atoms. The van der Waals surface area contributed by atoms with Gasteiger partial charge in [-0.05, 0) is 36.3 Å². The fraction of sp³-hybridized carbons (Fsp3) is 0.611. The van der Waals surface area contributed by atoms with Crippen molar-refractivity contribution in [1.82, 2.24) is 0 Å². The molecule has 1 saturated carbocycles. The Morgan fingerprint density at radius 1 is 1.16 bits per heavy atom. The van der Waals surface area contributed by atoms with Crippen LogP contribution >= 0.6 is 0 Å². The van der Waals surface area contributed by atoms with E-state index in [9.17, 15) is 4.79 Å². The Labute approximate surface area is 117 Å². The van der Waals surface area contributed by atoms with E-state index in [-0.39, 0.29) is 5.41 Å². The molecule has 1 aliphatic carbocycles. The third kappa shape index (κ3) is 3.08. The van der Waals surface area contributed by atoms with Crippen LogP contribution in [-0.2, 0) is 11.2 Å². The lowest BCUT2D eigenvalue weighted by Crippen LogP contribution is -2.28. The number of hydrogen-bond donors (Lipinski definition) is 0. The number of carbonyl (C=O) groups is 1. The Morgan fingerprint density at radius 2 is 1.74 bits per heavy atom. The summed E-state index contributed by atoms with van der Waals surface area (Å²) in [6.45, 7) is 6.57. The van der Waals surface area contributed by atoms with E-state index in [0.717, 1.165) is 19.3 Å². The molecular weight excluding hydrogens is 232 g/mol. The van der Waals surface area contributed by atoms with Crippen molar-refractivity contribution in [2.24, 2.45) is 5.41 Å². The van der Waals surface area contributed by atoms with Crippen molar-refractivity contribution in [2.75, 3.05) is 0 Å². The molecule has 2 rings (SSSR count). The van der Waals surface area contributed by atoms with E-state index in [1.165, 1.54) is 24.0 Å². The predicted molar refractivity (Wildman–Crippen MR) is 80.4 cm³/mol. The first kappa shape index (κ1) is 14.3. The molecular formula is C18H26O. The van der Waals surface area contributed by atoms with E-state index >= 15 is 0 Å². The van der Waals surface area contributed by atoms with Crippen LogP contribution in [-0.4, -0.2) is 5.78 Å². The zero-order valence-corrected chi connectivity index (χ0v) is 12.5. The number of rotatable bonds is 5. The van der Waals surface area contributed by atoms with Gasteiger partial charge < -0.3 is 0 Å². The SMILES string of the molecule is CCC1(C(=O)Cc2ccc(C(C)C)cc2)CCCC1. The maximum Gasteiger partial charge on any atom is 0.143 e. The highest BCUT2D eigenvalue weighted by Crippen LogP contribution is 2.42. The standard InChI is InChI=1S/C18H26O/c1-4-18(11-5-6-12-18)17(19)13-15-7-9-16(10-8-15)14(2)3/h7-10,14H,4-6,11-13H2,1-3H3. The van der Waals surface area contributed by atoms with Gasteiger partial charge in [0, 0.05) is 11.8 Å². The van der Waals surface area contributed by atoms with Crippen molar-refractivity contribution in [3.63, 3.8) is 0 Å². The maximum atomic E-state index is 12.6. The minimum Gasteiger partial charge on any atom is -0.299 e. The van der Waals surface area contributed by atoms with Crippen LogP contribution in [0, 0.1) is 5.41 Å². The van der Waals surface area contributed by atoms with Crippen molar-refractivity contribution in [1.29, 1.82) is 0 Å². The smallest absolute Gasteiger partial charge is 0.143 e. The van der Waals surface area contributed by atoms with E-state index in [0.29, 0.717) is 18.1 Å². The van der Waals surface area contributed by atoms with Crippen molar-refractivity contribution in [3.8, 4) is 0 Å². The zero-order chi connectivity index (χ0) is 13.9. The Morgan fingerprint density at radius 3 is 2.21 bits per heavy atom. The predicted octanol–water partition coefficient (Wildman–Crippen LogP) is 4.89. The molecule has 0 radical (unpaired) electrons. The summed E-state index contributed by atoms with van der Waals surface area (Å²) in [5, 5.41) is 0. The second kappa shape index (κ2) is 5.90. The van der Waals surface area contributed by atoms with Crippen LogP contribution in [0.3, 0.4) is 0 Å². The minimum absolute atomic E-state index is 0.00325. The second-order valence-corrected chi connectivity index (χ2v) is 6.34. The third-order valence-electron chi connectivity index (χ3n) is 4.84. The van der Waals surface area contributed by atoms with Crippen LogP contribution in [0.15, 0.2) is 24.3 Å². The van der Waals surface area contributed by atoms with Gasteiger partial charge in [-0.3, -0.25) is 4.79 Å². The lowest BCUT2D eigenvalue weighted by molar-refractivity contribution is -0.128. The lowest BCUT2D eigenvalue weighted by atomic mass is 9.77. The van der Waals surface area contributed by atoms with Crippen molar-refractivity contribution < 1.29 is 4.79 Å². The molecule has 0 atom stereocenters. The van der Waals surface area contributed by atoms with Gasteiger partial charge >= 0.3 is 0 Å². The largest absolute Gasteiger partial charge is 0.299 e. The van der Waals surface area contributed by atoms with Gasteiger partial charge in [-0.1, -0.05) is 57.9 Å². The number of hydrogen-bond acceptors (Lipinski definition) is 1. The first-order valence-electron chi connectivity index (χ1n) is 7.69. The fourth-order valence-corrected chi connectivity index (χ4v) is 3.27. The van der Waals surface area contributed by atoms with Crippen molar-refractivity contribution in [3.05, 3.63) is 35.4 Å². The van der Waals surface area contributed by atoms with Crippen LogP contribution in [0.2, 0.25) is 0 Å². The molecule has 104 valence electrons. The number of carbonyl (C=O) groups excluding carboxylic acids is 1. The Balaban J connectivity index is 2.06. The molecule has 0 aromatic heterocycles. The van der Waals surface area contributed by atoms with Gasteiger partial charge in [0.15, 0.2) is 0 Å². The minimum atomic E-state index is -0.00325. The second-order valence-electron chi connectivity index (χ2n) is 6.34. The summed E-state index contributed by atoms with van der Waals surface area (Å²) in [5.74, 6) is 1.02. The lowest BCUT2D eigenvalue weighted by Gasteiger charge is -2.25. The zero-order valence-electron chi connectivity index (χ0n) is 12.5. The average molecular weight is 258 g/mol. The van der Waals surface area contributed by atoms with Crippen molar-refractivity contribution >= 4 is 5.78 Å². The van der Waals surface area contributed by atoms with Crippen LogP contribution < -0.4 is 0 Å². The number of Topliss-reactive ketones (excluding diaryl/α,β-unsaturated/α-hetero) is 1. The first-order chi connectivity index (χ1) is 9.07. The summed E-state index contributed by atoms with van der Waals surface area (Å²) >= 11 is 0. The molecule has 0 heterocycles. The molecule has 1 aromatic rings. The summed E-state index contributed by atoms with van der Waals surface area (Å²) < 4.78 is 0. The van der Waals surface area contributed by atoms with Crippen LogP contribution in [0.4, 0.5) is 0 Å². The molecule has 0 amide bonds. The molecule has 0 saturated heterocycles. The molecule has 0 bridgehead atoms. The van der Waals surface area contributed by atoms with Gasteiger partial charge in [-0.25, -0.2) is 0 Å². The van der Waals surface area contributed by atoms with Crippen LogP contribution in [0.5, 0.6) is 0 Å². The molecule has 1 aliphatic rings. The van der Waals surface area contributed by atoms with E-state index < -0.39 is 0 Å². The first-order valence-corrected chi connectivity index (χ1v) is 7.69. The Hall–Kier alpha value is -1.11. The molecule has 0 aliphatic heterocycles. The topological polar surface area (TPSA) is 17.1 Å². The van der Waals surface area contributed by atoms with E-state index in [1.807, 2.05) is 0 Å². The summed E-state index contributed by atoms with van der Waals surface area (Å²) in [7, 11) is 0. The Bertz CT molecular complexity index is 422. The Kier molecular flexibility index (Phi) is 4.44. The fourth-order valence-electron chi connectivity index (χ4n) is 3.27. The van der Waals surface area contributed by atoms with E-state index in [1.54, 1.807) is 0 Å². The van der Waals surface area contributed by atoms with Gasteiger partial charge in [-0.15, -0.1) is 0 Å². The van der Waals surface area contributed by atoms with Gasteiger partial charge in [-0.2, -0.15) is 0 Å². The summed E-state index contributed by atoms with van der Waals surface area (Å²) in [5.41, 5.74) is 2.52. The van der Waals surface area contributed by atoms with Gasteiger partial charge in [0.2, 0.25) is 0 Å². The highest BCUT2D eigenvalue weighted by atomic mass is 16.1. The molecule has 1 nitrogen and oxygen atoms in total. The van der Waals surface area contributed by atoms with Crippen molar-refractivity contribution in [2.45, 2.75) is 65.2 Å². The quantitative estimate of drug-likeness (QED) is 0.734. The summed E-state index contributed by atoms with van der Waals surface area (Å²) in [4.78, 5) is 12.6. The molecule has 0 unspecified atom stereocenters. The highest BCUT2D eigenvalue weighted by molar-refractivity contribution is 5.87. The molecule has 19 heavy (non-hydrogen) atoms. The van der Waals surface area contributed by atoms with Gasteiger partial charge in [0.25, 0.3) is 0 Å². The van der Waals surface area contributed by atoms with Gasteiger partial charge in [0.1, 0.15) is 5.78 Å². The van der Waals surface area contributed by atoms with Crippen LogP contribution in [0.1, 0.15) is 69.9 Å². The molecule has 1 fully saturated rings. The number of ketones is 1. The summed E-state index contributed by atoms with van der Waals surface area (Å²) in [6, 6.07) is 8.60. The van der Waals surface area contributed by atoms with E-state index in [4.69, 9.17) is 0 Å². The van der Waals surface area contributed by atoms with E-state index in [2.05, 4.69) is 45.0 Å². The third-order valence-corrected chi connectivity index (χ3v) is 4.84. The normalized spacial score (nSPS) is 17.9. The number of benzene rings is 1. The van der Waals surface area contributed by atoms with Gasteiger partial charge in [0.05, 0.1) is 0 Å². The maximum absolute atomic E-state index is 12.6. The monoisotopic (exact) mass is 258 g/mol.